The molecule has 1 aromatic rings. The molecule has 5 nitrogen and oxygen atoms in total. The molecule has 1 atom stereocenters. The predicted octanol–water partition coefficient (Wildman–Crippen LogP) is 2.53. The zero-order chi connectivity index (χ0) is 13.1. The monoisotopic (exact) mass is 252 g/mol. The summed E-state index contributed by atoms with van der Waals surface area (Å²) < 4.78 is 5.35. The van der Waals surface area contributed by atoms with E-state index >= 15 is 0 Å². The molecule has 0 amide bonds. The van der Waals surface area contributed by atoms with E-state index < -0.39 is 12.1 Å². The van der Waals surface area contributed by atoms with E-state index in [-0.39, 0.29) is 0 Å². The molecule has 0 bridgehead atoms. The van der Waals surface area contributed by atoms with E-state index in [0.717, 1.165) is 25.1 Å². The zero-order valence-electron chi connectivity index (χ0n) is 10.9. The van der Waals surface area contributed by atoms with Crippen LogP contribution in [-0.4, -0.2) is 30.8 Å². The number of unbranched alkanes of at least 4 members (excludes halogenated alkanes) is 3. The first-order chi connectivity index (χ1) is 8.66. The number of anilines is 2. The van der Waals surface area contributed by atoms with E-state index in [1.165, 1.54) is 12.8 Å². The number of fused-ring (bicyclic) bond motifs is 1. The summed E-state index contributed by atoms with van der Waals surface area (Å²) in [6.07, 6.45) is 5.49. The first-order valence-corrected chi connectivity index (χ1v) is 6.46. The van der Waals surface area contributed by atoms with E-state index in [1.807, 2.05) is 11.0 Å². The van der Waals surface area contributed by atoms with Gasteiger partial charge >= 0.3 is 5.97 Å². The molecule has 0 aromatic carbocycles. The van der Waals surface area contributed by atoms with Gasteiger partial charge in [0.1, 0.15) is 5.69 Å². The molecular formula is C13H20N2O3. The fourth-order valence-corrected chi connectivity index (χ4v) is 2.48. The molecule has 2 heterocycles. The third-order valence-corrected chi connectivity index (χ3v) is 3.39. The lowest BCUT2D eigenvalue weighted by molar-refractivity contribution is -0.138. The van der Waals surface area contributed by atoms with Crippen LogP contribution in [0.2, 0.25) is 0 Å². The van der Waals surface area contributed by atoms with Crippen LogP contribution < -0.4 is 9.80 Å². The van der Waals surface area contributed by atoms with E-state index in [1.54, 1.807) is 18.2 Å². The molecule has 5 heteroatoms. The summed E-state index contributed by atoms with van der Waals surface area (Å²) in [4.78, 5) is 14.9. The Morgan fingerprint density at radius 1 is 1.44 bits per heavy atom. The molecule has 100 valence electrons. The Bertz CT molecular complexity index is 416. The van der Waals surface area contributed by atoms with Gasteiger partial charge < -0.3 is 19.3 Å². The van der Waals surface area contributed by atoms with Gasteiger partial charge in [-0.15, -0.1) is 0 Å². The molecule has 0 radical (unpaired) electrons. The predicted molar refractivity (Wildman–Crippen MR) is 70.0 cm³/mol. The molecule has 1 aromatic heterocycles. The van der Waals surface area contributed by atoms with Crippen molar-refractivity contribution in [3.05, 3.63) is 12.3 Å². The maximum atomic E-state index is 11.4. The van der Waals surface area contributed by atoms with Crippen molar-refractivity contribution in [3.8, 4) is 0 Å². The number of nitrogens with zero attached hydrogens (tertiary/aromatic N) is 2. The number of furan rings is 1. The van der Waals surface area contributed by atoms with Gasteiger partial charge in [0.05, 0.1) is 6.26 Å². The molecule has 1 N–H and O–H groups in total. The highest BCUT2D eigenvalue weighted by atomic mass is 16.4. The lowest BCUT2D eigenvalue weighted by Crippen LogP contribution is -2.47. The summed E-state index contributed by atoms with van der Waals surface area (Å²) in [6, 6.07) is 1.84. The number of likely N-dealkylation sites (N-methyl/N-ethyl adjacent to an activating group) is 1. The maximum absolute atomic E-state index is 11.4. The first kappa shape index (κ1) is 12.8. The van der Waals surface area contributed by atoms with Crippen molar-refractivity contribution in [2.75, 3.05) is 23.4 Å². The second-order valence-electron chi connectivity index (χ2n) is 4.69. The number of hydrogen-bond donors (Lipinski definition) is 1. The van der Waals surface area contributed by atoms with Gasteiger partial charge in [-0.1, -0.05) is 26.2 Å². The highest BCUT2D eigenvalue weighted by molar-refractivity contribution is 5.88. The Hall–Kier alpha value is -1.65. The molecule has 0 aliphatic carbocycles. The van der Waals surface area contributed by atoms with Gasteiger partial charge in [0.15, 0.2) is 0 Å². The highest BCUT2D eigenvalue weighted by Crippen LogP contribution is 2.39. The SMILES string of the molecule is CCCCCCN1c2ccoc2N(C)C1C(=O)O. The summed E-state index contributed by atoms with van der Waals surface area (Å²) in [5, 5.41) is 9.32. The Kier molecular flexibility index (Phi) is 3.79. The molecule has 1 aliphatic heterocycles. The van der Waals surface area contributed by atoms with Crippen molar-refractivity contribution in [1.29, 1.82) is 0 Å². The van der Waals surface area contributed by atoms with Gasteiger partial charge in [-0.05, 0) is 6.42 Å². The number of aliphatic carboxylic acids is 1. The largest absolute Gasteiger partial charge is 0.478 e. The number of carboxylic acid groups (broad SMARTS) is 1. The summed E-state index contributed by atoms with van der Waals surface area (Å²) in [5.41, 5.74) is 0.890. The van der Waals surface area contributed by atoms with Gasteiger partial charge in [0.25, 0.3) is 0 Å². The average molecular weight is 252 g/mol. The zero-order valence-corrected chi connectivity index (χ0v) is 10.9. The molecule has 0 saturated carbocycles. The topological polar surface area (TPSA) is 56.9 Å². The summed E-state index contributed by atoms with van der Waals surface area (Å²) >= 11 is 0. The average Bonchev–Trinajstić information content (AvgIpc) is 2.88. The van der Waals surface area contributed by atoms with Crippen LogP contribution in [0, 0.1) is 0 Å². The minimum atomic E-state index is -0.834. The van der Waals surface area contributed by atoms with Crippen molar-refractivity contribution in [2.24, 2.45) is 0 Å². The molecule has 0 fully saturated rings. The molecule has 18 heavy (non-hydrogen) atoms. The van der Waals surface area contributed by atoms with Crippen LogP contribution in [0.5, 0.6) is 0 Å². The van der Waals surface area contributed by atoms with Gasteiger partial charge in [-0.25, -0.2) is 4.79 Å². The smallest absolute Gasteiger partial charge is 0.347 e. The lowest BCUT2D eigenvalue weighted by Gasteiger charge is -2.26. The molecule has 0 saturated heterocycles. The van der Waals surface area contributed by atoms with E-state index in [9.17, 15) is 9.90 Å². The van der Waals surface area contributed by atoms with Crippen LogP contribution in [0.25, 0.3) is 0 Å². The van der Waals surface area contributed by atoms with Gasteiger partial charge in [0.2, 0.25) is 12.0 Å². The number of rotatable bonds is 6. The molecule has 1 unspecified atom stereocenters. The van der Waals surface area contributed by atoms with Gasteiger partial charge in [-0.2, -0.15) is 0 Å². The Morgan fingerprint density at radius 3 is 2.89 bits per heavy atom. The normalized spacial score (nSPS) is 18.2. The molecule has 2 rings (SSSR count). The Balaban J connectivity index is 2.08. The number of hydrogen-bond acceptors (Lipinski definition) is 4. The van der Waals surface area contributed by atoms with Crippen LogP contribution in [0.3, 0.4) is 0 Å². The van der Waals surface area contributed by atoms with E-state index in [2.05, 4.69) is 6.92 Å². The molecule has 1 aliphatic rings. The number of carbonyl (C=O) groups is 1. The minimum absolute atomic E-state index is 0.637. The van der Waals surface area contributed by atoms with Crippen LogP contribution in [0.1, 0.15) is 32.6 Å². The lowest BCUT2D eigenvalue weighted by atomic mass is 10.2. The molecular weight excluding hydrogens is 232 g/mol. The van der Waals surface area contributed by atoms with Gasteiger partial charge in [0, 0.05) is 19.7 Å². The molecule has 0 spiro atoms. The highest BCUT2D eigenvalue weighted by Gasteiger charge is 2.40. The van der Waals surface area contributed by atoms with Crippen LogP contribution in [-0.2, 0) is 4.79 Å². The Labute approximate surface area is 107 Å². The standard InChI is InChI=1S/C13H20N2O3/c1-3-4-5-6-8-15-10-7-9-18-12(10)14(2)11(15)13(16)17/h7,9,11H,3-6,8H2,1-2H3,(H,16,17). The number of carboxylic acids is 1. The van der Waals surface area contributed by atoms with Crippen molar-refractivity contribution in [1.82, 2.24) is 0 Å². The minimum Gasteiger partial charge on any atom is -0.478 e. The van der Waals surface area contributed by atoms with Crippen molar-refractivity contribution in [2.45, 2.75) is 38.8 Å². The van der Waals surface area contributed by atoms with Crippen LogP contribution >= 0.6 is 0 Å². The van der Waals surface area contributed by atoms with Crippen molar-refractivity contribution in [3.63, 3.8) is 0 Å². The second kappa shape index (κ2) is 5.33. The van der Waals surface area contributed by atoms with Crippen molar-refractivity contribution >= 4 is 17.5 Å². The first-order valence-electron chi connectivity index (χ1n) is 6.46. The summed E-state index contributed by atoms with van der Waals surface area (Å²) in [5.74, 6) is -0.183. The summed E-state index contributed by atoms with van der Waals surface area (Å²) in [7, 11) is 1.76. The Morgan fingerprint density at radius 2 is 2.22 bits per heavy atom. The van der Waals surface area contributed by atoms with Crippen LogP contribution in [0.15, 0.2) is 16.7 Å². The van der Waals surface area contributed by atoms with Crippen LogP contribution in [0.4, 0.5) is 11.6 Å². The fourth-order valence-electron chi connectivity index (χ4n) is 2.48. The fraction of sp³-hybridized carbons (Fsp3) is 0.615. The van der Waals surface area contributed by atoms with Gasteiger partial charge in [-0.3, -0.25) is 0 Å². The van der Waals surface area contributed by atoms with Crippen molar-refractivity contribution < 1.29 is 14.3 Å². The quantitative estimate of drug-likeness (QED) is 0.788. The third kappa shape index (κ3) is 2.17. The van der Waals surface area contributed by atoms with E-state index in [0.29, 0.717) is 5.88 Å². The third-order valence-electron chi connectivity index (χ3n) is 3.39. The second-order valence-corrected chi connectivity index (χ2v) is 4.69. The summed E-state index contributed by atoms with van der Waals surface area (Å²) in [6.45, 7) is 2.92. The van der Waals surface area contributed by atoms with E-state index in [4.69, 9.17) is 4.42 Å². The maximum Gasteiger partial charge on any atom is 0.347 e.